The van der Waals surface area contributed by atoms with Crippen molar-refractivity contribution in [1.82, 2.24) is 15.2 Å². The molecule has 0 spiro atoms. The number of nitrogens with zero attached hydrogens (tertiary/aromatic N) is 4. The SMILES string of the molecule is CCN(CC)c1ccc(C(=O)Nc2nnc(C)s2)cn1. The predicted octanol–water partition coefficient (Wildman–Crippen LogP) is 2.34. The normalized spacial score (nSPS) is 10.3. The zero-order valence-corrected chi connectivity index (χ0v) is 12.6. The van der Waals surface area contributed by atoms with Crippen molar-refractivity contribution in [3.63, 3.8) is 0 Å². The van der Waals surface area contributed by atoms with Crippen molar-refractivity contribution < 1.29 is 4.79 Å². The Bertz CT molecular complexity index is 577. The van der Waals surface area contributed by atoms with Gasteiger partial charge in [0.05, 0.1) is 5.56 Å². The molecular weight excluding hydrogens is 274 g/mol. The third-order valence-corrected chi connectivity index (χ3v) is 3.60. The molecule has 1 amide bonds. The molecule has 1 N–H and O–H groups in total. The summed E-state index contributed by atoms with van der Waals surface area (Å²) in [5.41, 5.74) is 0.508. The zero-order valence-electron chi connectivity index (χ0n) is 11.8. The number of amides is 1. The smallest absolute Gasteiger partial charge is 0.259 e. The van der Waals surface area contributed by atoms with Crippen LogP contribution in [0, 0.1) is 6.92 Å². The lowest BCUT2D eigenvalue weighted by molar-refractivity contribution is 0.102. The van der Waals surface area contributed by atoms with Crippen LogP contribution in [-0.4, -0.2) is 34.2 Å². The van der Waals surface area contributed by atoms with Crippen LogP contribution in [0.25, 0.3) is 0 Å². The summed E-state index contributed by atoms with van der Waals surface area (Å²) in [6.07, 6.45) is 1.58. The minimum atomic E-state index is -0.222. The van der Waals surface area contributed by atoms with E-state index >= 15 is 0 Å². The Balaban J connectivity index is 2.07. The molecular formula is C13H17N5OS. The van der Waals surface area contributed by atoms with E-state index in [2.05, 4.69) is 39.2 Å². The number of pyridine rings is 1. The fraction of sp³-hybridized carbons (Fsp3) is 0.385. The average Bonchev–Trinajstić information content (AvgIpc) is 2.86. The van der Waals surface area contributed by atoms with E-state index in [4.69, 9.17) is 0 Å². The van der Waals surface area contributed by atoms with Gasteiger partial charge in [0.2, 0.25) is 5.13 Å². The van der Waals surface area contributed by atoms with Crippen molar-refractivity contribution in [1.29, 1.82) is 0 Å². The molecule has 106 valence electrons. The van der Waals surface area contributed by atoms with Gasteiger partial charge in [-0.1, -0.05) is 11.3 Å². The minimum absolute atomic E-state index is 0.222. The molecule has 2 aromatic heterocycles. The van der Waals surface area contributed by atoms with Crippen molar-refractivity contribution >= 4 is 28.2 Å². The molecule has 2 aromatic rings. The van der Waals surface area contributed by atoms with Gasteiger partial charge in [-0.25, -0.2) is 4.98 Å². The maximum Gasteiger partial charge on any atom is 0.259 e. The van der Waals surface area contributed by atoms with Gasteiger partial charge in [-0.2, -0.15) is 0 Å². The first-order chi connectivity index (χ1) is 9.63. The van der Waals surface area contributed by atoms with Crippen LogP contribution in [-0.2, 0) is 0 Å². The summed E-state index contributed by atoms with van der Waals surface area (Å²) in [6, 6.07) is 3.62. The van der Waals surface area contributed by atoms with Crippen LogP contribution in [0.3, 0.4) is 0 Å². The Kier molecular flexibility index (Phi) is 4.62. The van der Waals surface area contributed by atoms with Crippen LogP contribution in [0.15, 0.2) is 18.3 Å². The number of anilines is 2. The molecule has 0 aliphatic carbocycles. The first kappa shape index (κ1) is 14.4. The highest BCUT2D eigenvalue weighted by Crippen LogP contribution is 2.16. The van der Waals surface area contributed by atoms with E-state index in [1.54, 1.807) is 12.3 Å². The molecule has 20 heavy (non-hydrogen) atoms. The summed E-state index contributed by atoms with van der Waals surface area (Å²) >= 11 is 1.34. The molecule has 2 heterocycles. The maximum absolute atomic E-state index is 12.0. The highest BCUT2D eigenvalue weighted by Gasteiger charge is 2.10. The highest BCUT2D eigenvalue weighted by atomic mass is 32.1. The molecule has 0 aromatic carbocycles. The van der Waals surface area contributed by atoms with Gasteiger partial charge in [0, 0.05) is 19.3 Å². The van der Waals surface area contributed by atoms with Gasteiger partial charge in [0.1, 0.15) is 10.8 Å². The lowest BCUT2D eigenvalue weighted by Gasteiger charge is -2.19. The Hall–Kier alpha value is -2.02. The summed E-state index contributed by atoms with van der Waals surface area (Å²) < 4.78 is 0. The summed E-state index contributed by atoms with van der Waals surface area (Å²) in [4.78, 5) is 18.5. The molecule has 0 bridgehead atoms. The number of aromatic nitrogens is 3. The number of hydrogen-bond donors (Lipinski definition) is 1. The Morgan fingerprint density at radius 3 is 2.55 bits per heavy atom. The van der Waals surface area contributed by atoms with Crippen molar-refractivity contribution in [2.75, 3.05) is 23.3 Å². The monoisotopic (exact) mass is 291 g/mol. The van der Waals surface area contributed by atoms with E-state index in [0.29, 0.717) is 10.7 Å². The second-order valence-electron chi connectivity index (χ2n) is 4.16. The number of rotatable bonds is 5. The van der Waals surface area contributed by atoms with Gasteiger partial charge in [-0.3, -0.25) is 10.1 Å². The van der Waals surface area contributed by atoms with Crippen molar-refractivity contribution in [3.05, 3.63) is 28.9 Å². The van der Waals surface area contributed by atoms with Gasteiger partial charge in [-0.15, -0.1) is 10.2 Å². The summed E-state index contributed by atoms with van der Waals surface area (Å²) in [7, 11) is 0. The fourth-order valence-electron chi connectivity index (χ4n) is 1.77. The van der Waals surface area contributed by atoms with Crippen LogP contribution in [0.4, 0.5) is 10.9 Å². The first-order valence-corrected chi connectivity index (χ1v) is 7.28. The standard InChI is InChI=1S/C13H17N5OS/c1-4-18(5-2)11-7-6-10(8-14-11)12(19)15-13-17-16-9(3)20-13/h6-8H,4-5H2,1-3H3,(H,15,17,19). The summed E-state index contributed by atoms with van der Waals surface area (Å²) in [5, 5.41) is 11.7. The van der Waals surface area contributed by atoms with E-state index in [0.717, 1.165) is 23.9 Å². The molecule has 2 rings (SSSR count). The van der Waals surface area contributed by atoms with Crippen LogP contribution in [0.5, 0.6) is 0 Å². The van der Waals surface area contributed by atoms with Gasteiger partial charge in [0.15, 0.2) is 0 Å². The van der Waals surface area contributed by atoms with E-state index in [1.165, 1.54) is 11.3 Å². The lowest BCUT2D eigenvalue weighted by Crippen LogP contribution is -2.23. The molecule has 0 unspecified atom stereocenters. The number of carbonyl (C=O) groups is 1. The van der Waals surface area contributed by atoms with Crippen molar-refractivity contribution in [2.24, 2.45) is 0 Å². The van der Waals surface area contributed by atoms with Gasteiger partial charge >= 0.3 is 0 Å². The topological polar surface area (TPSA) is 71.0 Å². The van der Waals surface area contributed by atoms with E-state index < -0.39 is 0 Å². The Morgan fingerprint density at radius 1 is 1.30 bits per heavy atom. The Labute approximate surface area is 121 Å². The zero-order chi connectivity index (χ0) is 14.5. The molecule has 0 atom stereocenters. The van der Waals surface area contributed by atoms with Crippen LogP contribution >= 0.6 is 11.3 Å². The predicted molar refractivity (Wildman–Crippen MR) is 80.4 cm³/mol. The number of hydrogen-bond acceptors (Lipinski definition) is 6. The molecule has 7 heteroatoms. The summed E-state index contributed by atoms with van der Waals surface area (Å²) in [5.74, 6) is 0.651. The maximum atomic E-state index is 12.0. The molecule has 0 aliphatic rings. The van der Waals surface area contributed by atoms with Crippen LogP contribution in [0.1, 0.15) is 29.2 Å². The fourth-order valence-corrected chi connectivity index (χ4v) is 2.36. The van der Waals surface area contributed by atoms with Crippen LogP contribution in [0.2, 0.25) is 0 Å². The lowest BCUT2D eigenvalue weighted by atomic mass is 10.2. The van der Waals surface area contributed by atoms with E-state index in [1.807, 2.05) is 13.0 Å². The minimum Gasteiger partial charge on any atom is -0.357 e. The molecule has 0 saturated heterocycles. The molecule has 0 saturated carbocycles. The number of carbonyl (C=O) groups excluding carboxylic acids is 1. The third kappa shape index (κ3) is 3.30. The molecule has 6 nitrogen and oxygen atoms in total. The van der Waals surface area contributed by atoms with Gasteiger partial charge in [0.25, 0.3) is 5.91 Å². The van der Waals surface area contributed by atoms with Crippen molar-refractivity contribution in [3.8, 4) is 0 Å². The second kappa shape index (κ2) is 6.42. The van der Waals surface area contributed by atoms with Gasteiger partial charge in [-0.05, 0) is 32.9 Å². The quantitative estimate of drug-likeness (QED) is 0.915. The van der Waals surface area contributed by atoms with Crippen LogP contribution < -0.4 is 10.2 Å². The highest BCUT2D eigenvalue weighted by molar-refractivity contribution is 7.15. The third-order valence-electron chi connectivity index (χ3n) is 2.84. The first-order valence-electron chi connectivity index (χ1n) is 6.46. The molecule has 0 aliphatic heterocycles. The average molecular weight is 291 g/mol. The van der Waals surface area contributed by atoms with E-state index in [9.17, 15) is 4.79 Å². The summed E-state index contributed by atoms with van der Waals surface area (Å²) in [6.45, 7) is 7.76. The number of aryl methyl sites for hydroxylation is 1. The molecule has 0 fully saturated rings. The number of nitrogens with one attached hydrogen (secondary N) is 1. The Morgan fingerprint density at radius 2 is 2.05 bits per heavy atom. The van der Waals surface area contributed by atoms with Gasteiger partial charge < -0.3 is 4.90 Å². The largest absolute Gasteiger partial charge is 0.357 e. The van der Waals surface area contributed by atoms with Crippen molar-refractivity contribution in [2.45, 2.75) is 20.8 Å². The second-order valence-corrected chi connectivity index (χ2v) is 5.34. The molecule has 0 radical (unpaired) electrons. The van der Waals surface area contributed by atoms with E-state index in [-0.39, 0.29) is 5.91 Å².